The van der Waals surface area contributed by atoms with E-state index in [2.05, 4.69) is 0 Å². The van der Waals surface area contributed by atoms with Gasteiger partial charge in [-0.2, -0.15) is 13.2 Å². The van der Waals surface area contributed by atoms with Crippen LogP contribution in [0.2, 0.25) is 0 Å². The Balaban J connectivity index is 2.95. The van der Waals surface area contributed by atoms with Crippen molar-refractivity contribution >= 4 is 5.78 Å². The maximum absolute atomic E-state index is 12.0. The number of alkyl halides is 3. The standard InChI is InChI=1S/C11H11F3O/c1-7-4-3-5-8(2)9(7)6-10(15)11(12,13)14/h3-5H,6H2,1-2H3. The minimum atomic E-state index is -4.74. The molecule has 0 amide bonds. The molecule has 0 aliphatic heterocycles. The van der Waals surface area contributed by atoms with Crippen molar-refractivity contribution < 1.29 is 18.0 Å². The van der Waals surface area contributed by atoms with E-state index in [9.17, 15) is 18.0 Å². The molecule has 0 heterocycles. The van der Waals surface area contributed by atoms with Crippen LogP contribution in [0.5, 0.6) is 0 Å². The molecule has 0 spiro atoms. The molecular weight excluding hydrogens is 205 g/mol. The molecular formula is C11H11F3O. The second kappa shape index (κ2) is 4.04. The van der Waals surface area contributed by atoms with Gasteiger partial charge in [0.05, 0.1) is 0 Å². The quantitative estimate of drug-likeness (QED) is 0.742. The second-order valence-corrected chi connectivity index (χ2v) is 3.47. The lowest BCUT2D eigenvalue weighted by Gasteiger charge is -2.10. The predicted octanol–water partition coefficient (Wildman–Crippen LogP) is 2.98. The summed E-state index contributed by atoms with van der Waals surface area (Å²) in [6.07, 6.45) is -5.31. The largest absolute Gasteiger partial charge is 0.450 e. The zero-order chi connectivity index (χ0) is 11.6. The zero-order valence-corrected chi connectivity index (χ0v) is 8.48. The van der Waals surface area contributed by atoms with Gasteiger partial charge >= 0.3 is 6.18 Å². The van der Waals surface area contributed by atoms with Gasteiger partial charge in [0, 0.05) is 6.42 Å². The van der Waals surface area contributed by atoms with Crippen LogP contribution in [0, 0.1) is 13.8 Å². The van der Waals surface area contributed by atoms with Crippen molar-refractivity contribution in [2.45, 2.75) is 26.4 Å². The van der Waals surface area contributed by atoms with Crippen LogP contribution in [0.4, 0.5) is 13.2 Å². The van der Waals surface area contributed by atoms with Crippen molar-refractivity contribution in [3.8, 4) is 0 Å². The summed E-state index contributed by atoms with van der Waals surface area (Å²) < 4.78 is 36.1. The fraction of sp³-hybridized carbons (Fsp3) is 0.364. The lowest BCUT2D eigenvalue weighted by atomic mass is 9.98. The van der Waals surface area contributed by atoms with Crippen molar-refractivity contribution in [3.05, 3.63) is 34.9 Å². The van der Waals surface area contributed by atoms with Gasteiger partial charge in [0.2, 0.25) is 5.78 Å². The molecule has 1 aromatic rings. The molecule has 15 heavy (non-hydrogen) atoms. The summed E-state index contributed by atoms with van der Waals surface area (Å²) in [4.78, 5) is 10.8. The van der Waals surface area contributed by atoms with E-state index in [0.717, 1.165) is 0 Å². The van der Waals surface area contributed by atoms with E-state index in [0.29, 0.717) is 16.7 Å². The Bertz CT molecular complexity index is 360. The number of hydrogen-bond donors (Lipinski definition) is 0. The van der Waals surface area contributed by atoms with Gasteiger partial charge in [-0.25, -0.2) is 0 Å². The molecule has 0 radical (unpaired) electrons. The molecule has 0 aliphatic carbocycles. The average Bonchev–Trinajstić information content (AvgIpc) is 2.09. The molecule has 1 nitrogen and oxygen atoms in total. The minimum Gasteiger partial charge on any atom is -0.289 e. The van der Waals surface area contributed by atoms with E-state index >= 15 is 0 Å². The fourth-order valence-corrected chi connectivity index (χ4v) is 1.39. The first-order chi connectivity index (χ1) is 6.82. The van der Waals surface area contributed by atoms with Crippen LogP contribution in [-0.4, -0.2) is 12.0 Å². The first-order valence-corrected chi connectivity index (χ1v) is 4.47. The molecule has 82 valence electrons. The maximum atomic E-state index is 12.0. The number of ketones is 1. The van der Waals surface area contributed by atoms with Gasteiger partial charge in [-0.15, -0.1) is 0 Å². The van der Waals surface area contributed by atoms with Crippen LogP contribution in [0.15, 0.2) is 18.2 Å². The van der Waals surface area contributed by atoms with E-state index in [4.69, 9.17) is 0 Å². The van der Waals surface area contributed by atoms with E-state index in [1.807, 2.05) is 0 Å². The summed E-state index contributed by atoms with van der Waals surface area (Å²) in [5.41, 5.74) is 1.90. The molecule has 1 rings (SSSR count). The van der Waals surface area contributed by atoms with Gasteiger partial charge in [-0.3, -0.25) is 4.79 Å². The van der Waals surface area contributed by atoms with Crippen LogP contribution in [0.25, 0.3) is 0 Å². The first kappa shape index (κ1) is 11.8. The van der Waals surface area contributed by atoms with Gasteiger partial charge in [0.15, 0.2) is 0 Å². The number of benzene rings is 1. The molecule has 0 unspecified atom stereocenters. The molecule has 1 aromatic carbocycles. The Kier molecular flexibility index (Phi) is 3.17. The van der Waals surface area contributed by atoms with Crippen molar-refractivity contribution in [1.82, 2.24) is 0 Å². The van der Waals surface area contributed by atoms with E-state index < -0.39 is 18.4 Å². The zero-order valence-electron chi connectivity index (χ0n) is 8.48. The third kappa shape index (κ3) is 2.81. The Hall–Kier alpha value is -1.32. The SMILES string of the molecule is Cc1cccc(C)c1CC(=O)C(F)(F)F. The van der Waals surface area contributed by atoms with Crippen LogP contribution >= 0.6 is 0 Å². The molecule has 0 N–H and O–H groups in total. The van der Waals surface area contributed by atoms with Gasteiger partial charge in [-0.05, 0) is 30.5 Å². The summed E-state index contributed by atoms with van der Waals surface area (Å²) in [7, 11) is 0. The van der Waals surface area contributed by atoms with Gasteiger partial charge < -0.3 is 0 Å². The highest BCUT2D eigenvalue weighted by molar-refractivity contribution is 5.86. The number of aryl methyl sites for hydroxylation is 2. The molecule has 0 atom stereocenters. The first-order valence-electron chi connectivity index (χ1n) is 4.47. The van der Waals surface area contributed by atoms with E-state index in [1.165, 1.54) is 0 Å². The monoisotopic (exact) mass is 216 g/mol. The normalized spacial score (nSPS) is 11.5. The number of hydrogen-bond acceptors (Lipinski definition) is 1. The van der Waals surface area contributed by atoms with Gasteiger partial charge in [-0.1, -0.05) is 18.2 Å². The maximum Gasteiger partial charge on any atom is 0.450 e. The number of carbonyl (C=O) groups excluding carboxylic acids is 1. The summed E-state index contributed by atoms with van der Waals surface area (Å²) in [6, 6.07) is 5.16. The highest BCUT2D eigenvalue weighted by Gasteiger charge is 2.38. The van der Waals surface area contributed by atoms with Crippen molar-refractivity contribution in [1.29, 1.82) is 0 Å². The molecule has 0 saturated heterocycles. The van der Waals surface area contributed by atoms with Crippen LogP contribution in [0.1, 0.15) is 16.7 Å². The van der Waals surface area contributed by atoms with Gasteiger partial charge in [0.25, 0.3) is 0 Å². The Morgan fingerprint density at radius 2 is 1.67 bits per heavy atom. The van der Waals surface area contributed by atoms with E-state index in [1.54, 1.807) is 32.0 Å². The van der Waals surface area contributed by atoms with Crippen LogP contribution in [0.3, 0.4) is 0 Å². The van der Waals surface area contributed by atoms with Crippen molar-refractivity contribution in [2.24, 2.45) is 0 Å². The smallest absolute Gasteiger partial charge is 0.289 e. The third-order valence-corrected chi connectivity index (χ3v) is 2.30. The van der Waals surface area contributed by atoms with Crippen LogP contribution in [-0.2, 0) is 11.2 Å². The topological polar surface area (TPSA) is 17.1 Å². The summed E-state index contributed by atoms with van der Waals surface area (Å²) in [5.74, 6) is -1.69. The second-order valence-electron chi connectivity index (χ2n) is 3.47. The molecule has 0 saturated carbocycles. The summed E-state index contributed by atoms with van der Waals surface area (Å²) in [5, 5.41) is 0. The molecule has 0 fully saturated rings. The molecule has 0 aliphatic rings. The van der Waals surface area contributed by atoms with E-state index in [-0.39, 0.29) is 0 Å². The average molecular weight is 216 g/mol. The molecule has 4 heteroatoms. The lowest BCUT2D eigenvalue weighted by molar-refractivity contribution is -0.170. The molecule has 0 aromatic heterocycles. The third-order valence-electron chi connectivity index (χ3n) is 2.30. The van der Waals surface area contributed by atoms with Crippen molar-refractivity contribution in [2.75, 3.05) is 0 Å². The lowest BCUT2D eigenvalue weighted by Crippen LogP contribution is -2.25. The Labute approximate surface area is 85.9 Å². The number of rotatable bonds is 2. The predicted molar refractivity (Wildman–Crippen MR) is 50.7 cm³/mol. The fourth-order valence-electron chi connectivity index (χ4n) is 1.39. The van der Waals surface area contributed by atoms with Crippen LogP contribution < -0.4 is 0 Å². The Morgan fingerprint density at radius 3 is 2.07 bits per heavy atom. The minimum absolute atomic E-state index is 0.472. The van der Waals surface area contributed by atoms with Gasteiger partial charge in [0.1, 0.15) is 0 Å². The highest BCUT2D eigenvalue weighted by atomic mass is 19.4. The number of halogens is 3. The number of carbonyl (C=O) groups is 1. The molecule has 0 bridgehead atoms. The Morgan fingerprint density at radius 1 is 1.20 bits per heavy atom. The number of Topliss-reactive ketones (excluding diaryl/α,β-unsaturated/α-hetero) is 1. The van der Waals surface area contributed by atoms with Crippen molar-refractivity contribution in [3.63, 3.8) is 0 Å². The summed E-state index contributed by atoms with van der Waals surface area (Å²) >= 11 is 0. The summed E-state index contributed by atoms with van der Waals surface area (Å²) in [6.45, 7) is 3.40. The highest BCUT2D eigenvalue weighted by Crippen LogP contribution is 2.21.